The molecule has 2 aromatic heterocycles. The summed E-state index contributed by atoms with van der Waals surface area (Å²) < 4.78 is 1.64. The van der Waals surface area contributed by atoms with Crippen molar-refractivity contribution in [1.82, 2.24) is 30.2 Å². The van der Waals surface area contributed by atoms with Gasteiger partial charge in [0.15, 0.2) is 0 Å². The van der Waals surface area contributed by atoms with Gasteiger partial charge in [0, 0.05) is 12.2 Å². The van der Waals surface area contributed by atoms with E-state index in [-0.39, 0.29) is 0 Å². The summed E-state index contributed by atoms with van der Waals surface area (Å²) in [6, 6.07) is 1.96. The molecule has 0 atom stereocenters. The zero-order chi connectivity index (χ0) is 14.4. The predicted molar refractivity (Wildman–Crippen MR) is 76.8 cm³/mol. The molecular weight excluding hydrogens is 254 g/mol. The number of aryl methyl sites for hydroxylation is 2. The normalized spacial score (nSPS) is 10.8. The lowest BCUT2D eigenvalue weighted by Gasteiger charge is -2.04. The van der Waals surface area contributed by atoms with Crippen LogP contribution in [0, 0.1) is 13.8 Å². The molecule has 1 N–H and O–H groups in total. The summed E-state index contributed by atoms with van der Waals surface area (Å²) in [6.45, 7) is 6.92. The van der Waals surface area contributed by atoms with E-state index in [4.69, 9.17) is 0 Å². The Morgan fingerprint density at radius 2 is 1.80 bits per heavy atom. The van der Waals surface area contributed by atoms with E-state index in [2.05, 4.69) is 37.7 Å². The van der Waals surface area contributed by atoms with Crippen LogP contribution in [0.25, 0.3) is 5.95 Å². The van der Waals surface area contributed by atoms with Gasteiger partial charge in [-0.25, -0.2) is 4.68 Å². The molecule has 0 aromatic carbocycles. The third-order valence-electron chi connectivity index (χ3n) is 2.98. The van der Waals surface area contributed by atoms with Crippen LogP contribution < -0.4 is 5.32 Å². The highest BCUT2D eigenvalue weighted by Crippen LogP contribution is 2.06. The van der Waals surface area contributed by atoms with Crippen molar-refractivity contribution >= 4 is 5.95 Å². The van der Waals surface area contributed by atoms with Gasteiger partial charge in [0.25, 0.3) is 11.9 Å². The number of nitrogens with zero attached hydrogens (tertiary/aromatic N) is 6. The second-order valence-electron chi connectivity index (χ2n) is 4.85. The van der Waals surface area contributed by atoms with E-state index >= 15 is 0 Å². The maximum atomic E-state index is 4.30. The van der Waals surface area contributed by atoms with Crippen molar-refractivity contribution in [3.63, 3.8) is 0 Å². The second kappa shape index (κ2) is 6.93. The second-order valence-corrected chi connectivity index (χ2v) is 4.85. The molecule has 7 heteroatoms. The Labute approximate surface area is 118 Å². The molecule has 0 saturated heterocycles. The smallest absolute Gasteiger partial charge is 0.289 e. The minimum atomic E-state index is 0.395. The Balaban J connectivity index is 1.91. The Morgan fingerprint density at radius 3 is 2.40 bits per heavy atom. The van der Waals surface area contributed by atoms with E-state index in [0.717, 1.165) is 24.4 Å². The molecule has 0 unspecified atom stereocenters. The highest BCUT2D eigenvalue weighted by atomic mass is 15.5. The fraction of sp³-hybridized carbons (Fsp3) is 0.615. The molecule has 0 spiro atoms. The first-order valence-corrected chi connectivity index (χ1v) is 7.05. The van der Waals surface area contributed by atoms with E-state index in [1.54, 1.807) is 4.68 Å². The van der Waals surface area contributed by atoms with Gasteiger partial charge in [0.2, 0.25) is 0 Å². The van der Waals surface area contributed by atoms with E-state index < -0.39 is 0 Å². The van der Waals surface area contributed by atoms with Gasteiger partial charge in [-0.05, 0) is 26.3 Å². The highest BCUT2D eigenvalue weighted by molar-refractivity contribution is 5.22. The predicted octanol–water partition coefficient (Wildman–Crippen LogP) is 2.06. The molecule has 20 heavy (non-hydrogen) atoms. The van der Waals surface area contributed by atoms with Gasteiger partial charge in [0.1, 0.15) is 0 Å². The average molecular weight is 275 g/mol. The van der Waals surface area contributed by atoms with Crippen molar-refractivity contribution in [3.8, 4) is 5.95 Å². The van der Waals surface area contributed by atoms with Gasteiger partial charge in [-0.1, -0.05) is 26.2 Å². The quantitative estimate of drug-likeness (QED) is 0.779. The van der Waals surface area contributed by atoms with Crippen LogP contribution >= 0.6 is 0 Å². The Bertz CT molecular complexity index is 532. The number of hydrogen-bond donors (Lipinski definition) is 1. The van der Waals surface area contributed by atoms with E-state index in [9.17, 15) is 0 Å². The Hall–Kier alpha value is -2.05. The van der Waals surface area contributed by atoms with Gasteiger partial charge in [-0.2, -0.15) is 5.10 Å². The molecule has 2 heterocycles. The summed E-state index contributed by atoms with van der Waals surface area (Å²) in [5.74, 6) is 0.860. The van der Waals surface area contributed by atoms with E-state index in [1.165, 1.54) is 19.3 Å². The zero-order valence-electron chi connectivity index (χ0n) is 12.3. The molecule has 0 aliphatic rings. The molecular formula is C13H21N7. The van der Waals surface area contributed by atoms with Crippen LogP contribution in [-0.4, -0.2) is 36.7 Å². The fourth-order valence-electron chi connectivity index (χ4n) is 1.96. The van der Waals surface area contributed by atoms with Crippen LogP contribution in [0.4, 0.5) is 5.95 Å². The van der Waals surface area contributed by atoms with Gasteiger partial charge >= 0.3 is 0 Å². The van der Waals surface area contributed by atoms with Gasteiger partial charge in [-0.15, -0.1) is 20.4 Å². The van der Waals surface area contributed by atoms with Crippen molar-refractivity contribution in [1.29, 1.82) is 0 Å². The Kier molecular flexibility index (Phi) is 4.97. The maximum absolute atomic E-state index is 4.30. The van der Waals surface area contributed by atoms with Gasteiger partial charge in [0.05, 0.1) is 5.69 Å². The lowest BCUT2D eigenvalue weighted by molar-refractivity contribution is 0.675. The number of aromatic nitrogens is 6. The summed E-state index contributed by atoms with van der Waals surface area (Å²) in [4.78, 5) is 0. The number of rotatable bonds is 7. The van der Waals surface area contributed by atoms with Crippen LogP contribution in [0.15, 0.2) is 6.07 Å². The van der Waals surface area contributed by atoms with E-state index in [1.807, 2.05) is 19.9 Å². The topological polar surface area (TPSA) is 81.4 Å². The molecule has 7 nitrogen and oxygen atoms in total. The lowest BCUT2D eigenvalue weighted by atomic mass is 10.2. The Morgan fingerprint density at radius 1 is 1.05 bits per heavy atom. The van der Waals surface area contributed by atoms with E-state index in [0.29, 0.717) is 11.9 Å². The molecule has 0 radical (unpaired) electrons. The van der Waals surface area contributed by atoms with Crippen molar-refractivity contribution in [2.24, 2.45) is 0 Å². The largest absolute Gasteiger partial charge is 0.352 e. The highest BCUT2D eigenvalue weighted by Gasteiger charge is 2.08. The molecule has 2 rings (SSSR count). The minimum absolute atomic E-state index is 0.395. The molecule has 0 amide bonds. The summed E-state index contributed by atoms with van der Waals surface area (Å²) >= 11 is 0. The monoisotopic (exact) mass is 275 g/mol. The molecule has 2 aromatic rings. The van der Waals surface area contributed by atoms with Crippen molar-refractivity contribution in [3.05, 3.63) is 17.5 Å². The molecule has 0 aliphatic heterocycles. The number of anilines is 1. The minimum Gasteiger partial charge on any atom is -0.352 e. The van der Waals surface area contributed by atoms with Crippen molar-refractivity contribution in [2.75, 3.05) is 11.9 Å². The molecule has 0 fully saturated rings. The number of nitrogens with one attached hydrogen (secondary N) is 1. The summed E-state index contributed by atoms with van der Waals surface area (Å²) in [6.07, 6.45) is 4.82. The first kappa shape index (κ1) is 14.4. The third-order valence-corrected chi connectivity index (χ3v) is 2.98. The molecule has 0 saturated carbocycles. The standard InChI is InChI=1S/C13H21N7/c1-4-5-6-7-8-14-12-15-17-13(18-16-12)20-11(3)9-10(2)19-20/h9H,4-8H2,1-3H3,(H,14,15,16). The summed E-state index contributed by atoms with van der Waals surface area (Å²) in [5.41, 5.74) is 1.88. The third kappa shape index (κ3) is 3.72. The SMILES string of the molecule is CCCCCCNc1nnc(-n2nc(C)cc2C)nn1. The average Bonchev–Trinajstić information content (AvgIpc) is 2.78. The van der Waals surface area contributed by atoms with Gasteiger partial charge < -0.3 is 5.32 Å². The summed E-state index contributed by atoms with van der Waals surface area (Å²) in [5, 5.41) is 23.6. The fourth-order valence-corrected chi connectivity index (χ4v) is 1.96. The van der Waals surface area contributed by atoms with Crippen LogP contribution in [-0.2, 0) is 0 Å². The van der Waals surface area contributed by atoms with Crippen LogP contribution in [0.1, 0.15) is 44.0 Å². The van der Waals surface area contributed by atoms with Crippen molar-refractivity contribution < 1.29 is 0 Å². The first-order valence-electron chi connectivity index (χ1n) is 7.05. The summed E-state index contributed by atoms with van der Waals surface area (Å²) in [7, 11) is 0. The van der Waals surface area contributed by atoms with Crippen LogP contribution in [0.3, 0.4) is 0 Å². The maximum Gasteiger partial charge on any atom is 0.289 e. The van der Waals surface area contributed by atoms with Crippen LogP contribution in [0.5, 0.6) is 0 Å². The number of hydrogen-bond acceptors (Lipinski definition) is 6. The van der Waals surface area contributed by atoms with Crippen LogP contribution in [0.2, 0.25) is 0 Å². The number of unbranched alkanes of at least 4 members (excludes halogenated alkanes) is 3. The lowest BCUT2D eigenvalue weighted by Crippen LogP contribution is -2.12. The van der Waals surface area contributed by atoms with Gasteiger partial charge in [-0.3, -0.25) is 0 Å². The molecule has 0 bridgehead atoms. The van der Waals surface area contributed by atoms with Crippen molar-refractivity contribution in [2.45, 2.75) is 46.5 Å². The molecule has 108 valence electrons. The molecule has 0 aliphatic carbocycles. The zero-order valence-corrected chi connectivity index (χ0v) is 12.3. The first-order chi connectivity index (χ1) is 9.70.